The van der Waals surface area contributed by atoms with E-state index in [2.05, 4.69) is 10.5 Å². The summed E-state index contributed by atoms with van der Waals surface area (Å²) in [6.45, 7) is 7.24. The molecular formula is C20H25N3O3. The van der Waals surface area contributed by atoms with E-state index in [-0.39, 0.29) is 23.7 Å². The SMILES string of the molecule is Cc1noc(C(C)C)c1C(=O)N1CCC(C(=O)NCc2ccccc2)C1. The maximum Gasteiger partial charge on any atom is 0.259 e. The fourth-order valence-electron chi connectivity index (χ4n) is 3.29. The van der Waals surface area contributed by atoms with Crippen molar-refractivity contribution in [2.45, 2.75) is 39.7 Å². The summed E-state index contributed by atoms with van der Waals surface area (Å²) in [7, 11) is 0. The second kappa shape index (κ2) is 7.72. The monoisotopic (exact) mass is 355 g/mol. The molecule has 2 aromatic rings. The van der Waals surface area contributed by atoms with E-state index < -0.39 is 0 Å². The van der Waals surface area contributed by atoms with Crippen molar-refractivity contribution in [3.05, 3.63) is 52.9 Å². The summed E-state index contributed by atoms with van der Waals surface area (Å²) in [5.74, 6) is 0.429. The Kier molecular flexibility index (Phi) is 5.40. The highest BCUT2D eigenvalue weighted by Crippen LogP contribution is 2.26. The molecule has 0 aliphatic carbocycles. The lowest BCUT2D eigenvalue weighted by atomic mass is 10.0. The fourth-order valence-corrected chi connectivity index (χ4v) is 3.29. The van der Waals surface area contributed by atoms with Gasteiger partial charge in [-0.2, -0.15) is 0 Å². The van der Waals surface area contributed by atoms with Gasteiger partial charge in [-0.05, 0) is 18.9 Å². The van der Waals surface area contributed by atoms with Crippen molar-refractivity contribution in [2.24, 2.45) is 5.92 Å². The molecule has 1 atom stereocenters. The zero-order valence-corrected chi connectivity index (χ0v) is 15.5. The number of rotatable bonds is 5. The smallest absolute Gasteiger partial charge is 0.259 e. The predicted molar refractivity (Wildman–Crippen MR) is 97.6 cm³/mol. The maximum absolute atomic E-state index is 12.9. The van der Waals surface area contributed by atoms with Gasteiger partial charge < -0.3 is 14.7 Å². The van der Waals surface area contributed by atoms with Crippen molar-refractivity contribution in [1.29, 1.82) is 0 Å². The predicted octanol–water partition coefficient (Wildman–Crippen LogP) is 2.88. The van der Waals surface area contributed by atoms with Gasteiger partial charge in [0.1, 0.15) is 5.56 Å². The van der Waals surface area contributed by atoms with E-state index in [0.717, 1.165) is 5.56 Å². The van der Waals surface area contributed by atoms with Gasteiger partial charge >= 0.3 is 0 Å². The summed E-state index contributed by atoms with van der Waals surface area (Å²) in [5, 5.41) is 6.91. The van der Waals surface area contributed by atoms with E-state index in [4.69, 9.17) is 4.52 Å². The van der Waals surface area contributed by atoms with Gasteiger partial charge in [0.05, 0.1) is 11.6 Å². The van der Waals surface area contributed by atoms with Crippen molar-refractivity contribution in [2.75, 3.05) is 13.1 Å². The van der Waals surface area contributed by atoms with Gasteiger partial charge in [-0.15, -0.1) is 0 Å². The number of hydrogen-bond donors (Lipinski definition) is 1. The zero-order valence-electron chi connectivity index (χ0n) is 15.5. The van der Waals surface area contributed by atoms with Gasteiger partial charge in [-0.1, -0.05) is 49.3 Å². The number of nitrogens with zero attached hydrogens (tertiary/aromatic N) is 2. The van der Waals surface area contributed by atoms with Crippen LogP contribution in [-0.4, -0.2) is 35.0 Å². The molecule has 0 spiro atoms. The molecular weight excluding hydrogens is 330 g/mol. The normalized spacial score (nSPS) is 16.9. The van der Waals surface area contributed by atoms with Crippen LogP contribution in [0.2, 0.25) is 0 Å². The van der Waals surface area contributed by atoms with Gasteiger partial charge in [0.2, 0.25) is 5.91 Å². The number of carbonyl (C=O) groups is 2. The summed E-state index contributed by atoms with van der Waals surface area (Å²) >= 11 is 0. The third-order valence-electron chi connectivity index (χ3n) is 4.78. The van der Waals surface area contributed by atoms with E-state index in [0.29, 0.717) is 43.1 Å². The van der Waals surface area contributed by atoms with Crippen molar-refractivity contribution in [3.63, 3.8) is 0 Å². The van der Waals surface area contributed by atoms with E-state index in [1.165, 1.54) is 0 Å². The zero-order chi connectivity index (χ0) is 18.7. The van der Waals surface area contributed by atoms with E-state index in [1.54, 1.807) is 11.8 Å². The highest BCUT2D eigenvalue weighted by Gasteiger charge is 2.34. The molecule has 1 unspecified atom stereocenters. The van der Waals surface area contributed by atoms with Crippen LogP contribution < -0.4 is 5.32 Å². The molecule has 138 valence electrons. The molecule has 26 heavy (non-hydrogen) atoms. The van der Waals surface area contributed by atoms with E-state index in [1.807, 2.05) is 44.2 Å². The van der Waals surface area contributed by atoms with Gasteiger partial charge in [0, 0.05) is 25.6 Å². The van der Waals surface area contributed by atoms with Crippen LogP contribution in [0.25, 0.3) is 0 Å². The second-order valence-electron chi connectivity index (χ2n) is 7.10. The van der Waals surface area contributed by atoms with Crippen LogP contribution in [0, 0.1) is 12.8 Å². The molecule has 2 heterocycles. The van der Waals surface area contributed by atoms with Crippen LogP contribution in [0.15, 0.2) is 34.9 Å². The molecule has 1 aromatic heterocycles. The first-order valence-electron chi connectivity index (χ1n) is 9.04. The summed E-state index contributed by atoms with van der Waals surface area (Å²) in [6, 6.07) is 9.81. The van der Waals surface area contributed by atoms with Crippen LogP contribution in [0.4, 0.5) is 0 Å². The van der Waals surface area contributed by atoms with Crippen molar-refractivity contribution < 1.29 is 14.1 Å². The largest absolute Gasteiger partial charge is 0.360 e. The molecule has 0 radical (unpaired) electrons. The average Bonchev–Trinajstić information content (AvgIpc) is 3.27. The first-order chi connectivity index (χ1) is 12.5. The number of aryl methyl sites for hydroxylation is 1. The molecule has 0 saturated carbocycles. The molecule has 3 rings (SSSR count). The van der Waals surface area contributed by atoms with Gasteiger partial charge in [-0.3, -0.25) is 9.59 Å². The standard InChI is InChI=1S/C20H25N3O3/c1-13(2)18-17(14(3)22-26-18)20(25)23-10-9-16(12-23)19(24)21-11-15-7-5-4-6-8-15/h4-8,13,16H,9-12H2,1-3H3,(H,21,24). The van der Waals surface area contributed by atoms with E-state index >= 15 is 0 Å². The molecule has 1 aromatic carbocycles. The fraction of sp³-hybridized carbons (Fsp3) is 0.450. The highest BCUT2D eigenvalue weighted by molar-refractivity contribution is 5.97. The summed E-state index contributed by atoms with van der Waals surface area (Å²) in [4.78, 5) is 27.1. The molecule has 2 amide bonds. The van der Waals surface area contributed by atoms with Gasteiger partial charge in [-0.25, -0.2) is 0 Å². The van der Waals surface area contributed by atoms with Gasteiger partial charge in [0.15, 0.2) is 5.76 Å². The Bertz CT molecular complexity index is 783. The summed E-state index contributed by atoms with van der Waals surface area (Å²) in [6.07, 6.45) is 0.674. The highest BCUT2D eigenvalue weighted by atomic mass is 16.5. The minimum atomic E-state index is -0.176. The van der Waals surface area contributed by atoms with Crippen LogP contribution in [-0.2, 0) is 11.3 Å². The second-order valence-corrected chi connectivity index (χ2v) is 7.10. The third-order valence-corrected chi connectivity index (χ3v) is 4.78. The number of aromatic nitrogens is 1. The Balaban J connectivity index is 1.60. The topological polar surface area (TPSA) is 75.4 Å². The van der Waals surface area contributed by atoms with Crippen molar-refractivity contribution >= 4 is 11.8 Å². The van der Waals surface area contributed by atoms with Gasteiger partial charge in [0.25, 0.3) is 5.91 Å². The number of likely N-dealkylation sites (tertiary alicyclic amines) is 1. The number of hydrogen-bond acceptors (Lipinski definition) is 4. The quantitative estimate of drug-likeness (QED) is 0.895. The lowest BCUT2D eigenvalue weighted by Crippen LogP contribution is -2.34. The molecule has 1 fully saturated rings. The third kappa shape index (κ3) is 3.79. The van der Waals surface area contributed by atoms with Crippen molar-refractivity contribution in [1.82, 2.24) is 15.4 Å². The average molecular weight is 355 g/mol. The maximum atomic E-state index is 12.9. The molecule has 1 aliphatic rings. The number of nitrogens with one attached hydrogen (secondary N) is 1. The Morgan fingerprint density at radius 1 is 1.31 bits per heavy atom. The molecule has 1 saturated heterocycles. The Hall–Kier alpha value is -2.63. The molecule has 6 heteroatoms. The lowest BCUT2D eigenvalue weighted by Gasteiger charge is -2.17. The van der Waals surface area contributed by atoms with E-state index in [9.17, 15) is 9.59 Å². The van der Waals surface area contributed by atoms with Crippen LogP contribution in [0.5, 0.6) is 0 Å². The first kappa shape index (κ1) is 18.2. The lowest BCUT2D eigenvalue weighted by molar-refractivity contribution is -0.124. The minimum absolute atomic E-state index is 0.00437. The van der Waals surface area contributed by atoms with Crippen LogP contribution in [0.3, 0.4) is 0 Å². The number of amides is 2. The van der Waals surface area contributed by atoms with Crippen LogP contribution in [0.1, 0.15) is 53.6 Å². The summed E-state index contributed by atoms with van der Waals surface area (Å²) in [5.41, 5.74) is 2.22. The Labute approximate surface area is 153 Å². The summed E-state index contributed by atoms with van der Waals surface area (Å²) < 4.78 is 5.32. The molecule has 1 aliphatic heterocycles. The van der Waals surface area contributed by atoms with Crippen LogP contribution >= 0.6 is 0 Å². The molecule has 0 bridgehead atoms. The number of carbonyl (C=O) groups excluding carboxylic acids is 2. The Morgan fingerprint density at radius 3 is 2.73 bits per heavy atom. The van der Waals surface area contributed by atoms with Crippen molar-refractivity contribution in [3.8, 4) is 0 Å². The first-order valence-corrected chi connectivity index (χ1v) is 9.04. The molecule has 6 nitrogen and oxygen atoms in total. The molecule has 1 N–H and O–H groups in total. The minimum Gasteiger partial charge on any atom is -0.360 e. The number of benzene rings is 1. The Morgan fingerprint density at radius 2 is 2.04 bits per heavy atom.